The summed E-state index contributed by atoms with van der Waals surface area (Å²) in [5.74, 6) is -1.75. The van der Waals surface area contributed by atoms with Crippen molar-refractivity contribution in [3.8, 4) is 0 Å². The van der Waals surface area contributed by atoms with Gasteiger partial charge in [-0.15, -0.1) is 0 Å². The zero-order valence-corrected chi connectivity index (χ0v) is 36.2. The van der Waals surface area contributed by atoms with E-state index < -0.39 is 92.4 Å². The van der Waals surface area contributed by atoms with Crippen molar-refractivity contribution in [2.24, 2.45) is 0 Å². The van der Waals surface area contributed by atoms with Gasteiger partial charge in [0.25, 0.3) is 0 Å². The van der Waals surface area contributed by atoms with Gasteiger partial charge in [0.2, 0.25) is 29.5 Å². The van der Waals surface area contributed by atoms with Crippen LogP contribution in [0.15, 0.2) is 0 Å². The summed E-state index contributed by atoms with van der Waals surface area (Å²) in [5, 5.41) is 72.6. The number of ether oxygens (including phenoxy) is 9. The fourth-order valence-electron chi connectivity index (χ4n) is 6.14. The largest absolute Gasteiger partial charge is 0.394 e. The highest BCUT2D eigenvalue weighted by Gasteiger charge is 2.46. The first-order chi connectivity index (χ1) is 30.2. The Morgan fingerprint density at radius 3 is 1.40 bits per heavy atom. The van der Waals surface area contributed by atoms with Crippen LogP contribution in [0, 0.1) is 0 Å². The summed E-state index contributed by atoms with van der Waals surface area (Å²) in [7, 11) is 0. The third-order valence-electron chi connectivity index (χ3n) is 9.24. The molecule has 2 aliphatic heterocycles. The van der Waals surface area contributed by atoms with Gasteiger partial charge in [0.15, 0.2) is 12.6 Å². The van der Waals surface area contributed by atoms with Crippen LogP contribution in [-0.2, 0) is 66.6 Å². The van der Waals surface area contributed by atoms with E-state index in [-0.39, 0.29) is 110 Å². The van der Waals surface area contributed by atoms with Crippen LogP contribution in [0.25, 0.3) is 0 Å². The summed E-state index contributed by atoms with van der Waals surface area (Å²) in [6.45, 7) is 4.94. The minimum Gasteiger partial charge on any atom is -0.394 e. The molecule has 0 spiro atoms. The van der Waals surface area contributed by atoms with Crippen LogP contribution in [0.2, 0.25) is 0 Å². The van der Waals surface area contributed by atoms with E-state index in [0.29, 0.717) is 19.6 Å². The first-order valence-electron chi connectivity index (χ1n) is 20.9. The van der Waals surface area contributed by atoms with Crippen molar-refractivity contribution < 1.29 is 97.2 Å². The molecular formula is C38H69N5O20. The summed E-state index contributed by atoms with van der Waals surface area (Å²) >= 11 is 0. The molecule has 63 heavy (non-hydrogen) atoms. The Morgan fingerprint density at radius 1 is 0.524 bits per heavy atom. The van der Waals surface area contributed by atoms with E-state index >= 15 is 0 Å². The molecule has 0 radical (unpaired) electrons. The molecule has 2 heterocycles. The van der Waals surface area contributed by atoms with Crippen LogP contribution in [0.4, 0.5) is 0 Å². The highest BCUT2D eigenvalue weighted by Crippen LogP contribution is 2.23. The van der Waals surface area contributed by atoms with Gasteiger partial charge in [-0.2, -0.15) is 0 Å². The Hall–Kier alpha value is -3.25. The topological polar surface area (TPSA) is 350 Å². The van der Waals surface area contributed by atoms with Gasteiger partial charge in [0.1, 0.15) is 48.7 Å². The van der Waals surface area contributed by atoms with Crippen molar-refractivity contribution in [1.29, 1.82) is 0 Å². The molecule has 2 aliphatic rings. The molecule has 25 heteroatoms. The molecule has 2 fully saturated rings. The van der Waals surface area contributed by atoms with Crippen molar-refractivity contribution in [3.63, 3.8) is 0 Å². The summed E-state index contributed by atoms with van der Waals surface area (Å²) in [4.78, 5) is 59.1. The van der Waals surface area contributed by atoms with Crippen molar-refractivity contribution in [2.75, 3.05) is 106 Å². The maximum absolute atomic E-state index is 12.2. The lowest BCUT2D eigenvalue weighted by Crippen LogP contribution is -2.64. The van der Waals surface area contributed by atoms with Crippen LogP contribution >= 0.6 is 0 Å². The van der Waals surface area contributed by atoms with Gasteiger partial charge in [-0.05, 0) is 6.42 Å². The third kappa shape index (κ3) is 23.0. The smallest absolute Gasteiger partial charge is 0.222 e. The molecular weight excluding hydrogens is 846 g/mol. The molecule has 0 aliphatic carbocycles. The number of rotatable bonds is 33. The molecule has 25 nitrogen and oxygen atoms in total. The van der Waals surface area contributed by atoms with Gasteiger partial charge in [-0.3, -0.25) is 24.0 Å². The third-order valence-corrected chi connectivity index (χ3v) is 9.24. The zero-order valence-electron chi connectivity index (χ0n) is 36.2. The van der Waals surface area contributed by atoms with E-state index in [2.05, 4.69) is 26.6 Å². The second-order valence-electron chi connectivity index (χ2n) is 14.5. The highest BCUT2D eigenvalue weighted by molar-refractivity contribution is 5.76. The maximum Gasteiger partial charge on any atom is 0.222 e. The molecule has 0 aromatic heterocycles. The maximum atomic E-state index is 12.2. The van der Waals surface area contributed by atoms with Crippen LogP contribution in [0.5, 0.6) is 0 Å². The van der Waals surface area contributed by atoms with E-state index in [0.717, 1.165) is 0 Å². The summed E-state index contributed by atoms with van der Waals surface area (Å²) in [6, 6.07) is -2.61. The molecule has 5 amide bonds. The average molecular weight is 916 g/mol. The van der Waals surface area contributed by atoms with Crippen molar-refractivity contribution in [3.05, 3.63) is 0 Å². The molecule has 0 saturated carbocycles. The van der Waals surface area contributed by atoms with Gasteiger partial charge >= 0.3 is 0 Å². The monoisotopic (exact) mass is 915 g/mol. The predicted molar refractivity (Wildman–Crippen MR) is 214 cm³/mol. The van der Waals surface area contributed by atoms with Gasteiger partial charge in [0, 0.05) is 53.3 Å². The SMILES string of the molecule is CC(=O)NC(COCCC(=O)NCCCOCCOCCOC1OC(CO)C(O)C(O)C1NC(C)=O)COCCC(=O)NCCOCCOC1OC(CO)C(O)C(O)C1NC(C)=O. The Labute approximate surface area is 366 Å². The first kappa shape index (κ1) is 55.9. The van der Waals surface area contributed by atoms with E-state index in [1.165, 1.54) is 20.8 Å². The minimum absolute atomic E-state index is 0.00690. The Balaban J connectivity index is 1.46. The van der Waals surface area contributed by atoms with Crippen molar-refractivity contribution in [1.82, 2.24) is 26.6 Å². The molecule has 0 bridgehead atoms. The highest BCUT2D eigenvalue weighted by atomic mass is 16.7. The number of hydrogen-bond donors (Lipinski definition) is 11. The molecule has 0 aromatic carbocycles. The number of carbonyl (C=O) groups is 5. The van der Waals surface area contributed by atoms with Gasteiger partial charge in [-0.25, -0.2) is 0 Å². The molecule has 366 valence electrons. The quantitative estimate of drug-likeness (QED) is 0.0273. The van der Waals surface area contributed by atoms with Gasteiger partial charge < -0.3 is 99.9 Å². The lowest BCUT2D eigenvalue weighted by Gasteiger charge is -2.42. The molecule has 2 rings (SSSR count). The van der Waals surface area contributed by atoms with E-state index in [9.17, 15) is 54.6 Å². The Kier molecular flexibility index (Phi) is 28.7. The van der Waals surface area contributed by atoms with Crippen LogP contribution in [0.3, 0.4) is 0 Å². The number of hydrogen-bond acceptors (Lipinski definition) is 20. The van der Waals surface area contributed by atoms with E-state index in [1.807, 2.05) is 0 Å². The normalized spacial score (nSPS) is 26.4. The number of aliphatic hydroxyl groups excluding tert-OH is 6. The number of amides is 5. The van der Waals surface area contributed by atoms with Crippen LogP contribution in [-0.4, -0.2) is 233 Å². The standard InChI is InChI=1S/C38H69N5O20/c1-23(46)41-26(22-59-11-6-30(50)40-8-12-56-15-17-60-37-31(42-24(2)47)35(53)33(51)27(19-44)62-37)21-58-10-5-29(49)39-7-4-9-55-13-14-57-16-18-61-38-32(43-25(3)48)36(54)34(52)28(20-45)63-38/h26-28,31-38,44-45,51-54H,4-22H2,1-3H3,(H,39,49)(H,40,50)(H,41,46)(H,42,47)(H,43,48). The second kappa shape index (κ2) is 32.4. The zero-order chi connectivity index (χ0) is 46.6. The average Bonchev–Trinajstić information content (AvgIpc) is 3.23. The molecule has 2 saturated heterocycles. The predicted octanol–water partition coefficient (Wildman–Crippen LogP) is -6.10. The summed E-state index contributed by atoms with van der Waals surface area (Å²) < 4.78 is 49.6. The summed E-state index contributed by atoms with van der Waals surface area (Å²) in [6.07, 6.45) is -9.39. The number of aliphatic hydroxyl groups is 6. The van der Waals surface area contributed by atoms with Crippen LogP contribution < -0.4 is 26.6 Å². The number of nitrogens with one attached hydrogen (secondary N) is 5. The van der Waals surface area contributed by atoms with Crippen molar-refractivity contribution in [2.45, 2.75) is 107 Å². The molecule has 0 aromatic rings. The molecule has 11 N–H and O–H groups in total. The van der Waals surface area contributed by atoms with Crippen molar-refractivity contribution >= 4 is 29.5 Å². The van der Waals surface area contributed by atoms with Gasteiger partial charge in [0.05, 0.1) is 91.9 Å². The fourth-order valence-corrected chi connectivity index (χ4v) is 6.14. The minimum atomic E-state index is -1.42. The fraction of sp³-hybridized carbons (Fsp3) is 0.868. The lowest BCUT2D eigenvalue weighted by atomic mass is 9.97. The van der Waals surface area contributed by atoms with Crippen LogP contribution in [0.1, 0.15) is 40.0 Å². The van der Waals surface area contributed by atoms with Gasteiger partial charge in [-0.1, -0.05) is 0 Å². The lowest BCUT2D eigenvalue weighted by molar-refractivity contribution is -0.272. The molecule has 11 atom stereocenters. The summed E-state index contributed by atoms with van der Waals surface area (Å²) in [5.41, 5.74) is 0. The Morgan fingerprint density at radius 2 is 0.952 bits per heavy atom. The van der Waals surface area contributed by atoms with E-state index in [4.69, 9.17) is 42.6 Å². The molecule has 11 unspecified atom stereocenters. The Bertz CT molecular complexity index is 1320. The number of carbonyl (C=O) groups excluding carboxylic acids is 5. The van der Waals surface area contributed by atoms with E-state index in [1.54, 1.807) is 0 Å². The first-order valence-corrected chi connectivity index (χ1v) is 20.9. The second-order valence-corrected chi connectivity index (χ2v) is 14.5.